The van der Waals surface area contributed by atoms with Crippen molar-refractivity contribution in [3.8, 4) is 0 Å². The molecule has 0 bridgehead atoms. The lowest BCUT2D eigenvalue weighted by Crippen LogP contribution is -1.97. The van der Waals surface area contributed by atoms with Crippen molar-refractivity contribution in [2.75, 3.05) is 5.33 Å². The van der Waals surface area contributed by atoms with Crippen molar-refractivity contribution >= 4 is 69.7 Å². The van der Waals surface area contributed by atoms with Gasteiger partial charge in [-0.05, 0) is 0 Å². The molecular formula is C4H6Br4O2. The van der Waals surface area contributed by atoms with Crippen LogP contribution in [0.2, 0.25) is 0 Å². The van der Waals surface area contributed by atoms with Crippen molar-refractivity contribution in [3.05, 3.63) is 0 Å². The zero-order valence-corrected chi connectivity index (χ0v) is 11.4. The maximum Gasteiger partial charge on any atom is 0.300 e. The Morgan fingerprint density at radius 1 is 1.50 bits per heavy atom. The zero-order valence-electron chi connectivity index (χ0n) is 5.07. The van der Waals surface area contributed by atoms with Crippen molar-refractivity contribution < 1.29 is 9.90 Å². The zero-order chi connectivity index (χ0) is 8.78. The quantitative estimate of drug-likeness (QED) is 0.628. The van der Waals surface area contributed by atoms with Crippen LogP contribution >= 0.6 is 63.7 Å². The summed E-state index contributed by atoms with van der Waals surface area (Å²) in [6.45, 7) is 1.08. The molecule has 0 aromatic rings. The highest BCUT2D eigenvalue weighted by molar-refractivity contribution is 9.40. The van der Waals surface area contributed by atoms with Crippen LogP contribution in [0.1, 0.15) is 6.92 Å². The van der Waals surface area contributed by atoms with Gasteiger partial charge in [-0.1, -0.05) is 63.7 Å². The number of halogens is 4. The molecular weight excluding hydrogens is 400 g/mol. The van der Waals surface area contributed by atoms with Crippen LogP contribution < -0.4 is 0 Å². The van der Waals surface area contributed by atoms with E-state index in [1.165, 1.54) is 0 Å². The van der Waals surface area contributed by atoms with Gasteiger partial charge < -0.3 is 5.11 Å². The molecule has 0 fully saturated rings. The van der Waals surface area contributed by atoms with E-state index in [2.05, 4.69) is 63.7 Å². The Balaban J connectivity index is 0. The average Bonchev–Trinajstić information content (AvgIpc) is 1.63. The molecule has 0 aromatic heterocycles. The van der Waals surface area contributed by atoms with Crippen LogP contribution in [0.15, 0.2) is 0 Å². The molecule has 0 saturated carbocycles. The van der Waals surface area contributed by atoms with E-state index >= 15 is 0 Å². The van der Waals surface area contributed by atoms with Gasteiger partial charge in [-0.2, -0.15) is 0 Å². The van der Waals surface area contributed by atoms with Crippen molar-refractivity contribution in [2.24, 2.45) is 0 Å². The summed E-state index contributed by atoms with van der Waals surface area (Å²) in [5.41, 5.74) is 0. The standard InChI is InChI=1S/C2H2Br4.C2H4O2/c3-1-2(4,5)6;1-2(3)4/h1H2;1H3,(H,3,4). The topological polar surface area (TPSA) is 37.3 Å². The number of carboxylic acid groups (broad SMARTS) is 1. The predicted octanol–water partition coefficient (Wildman–Crippen LogP) is 3.31. The number of carboxylic acids is 1. The fourth-order valence-electron chi connectivity index (χ4n) is 0. The molecule has 2 nitrogen and oxygen atoms in total. The first-order valence-corrected chi connectivity index (χ1v) is 5.62. The summed E-state index contributed by atoms with van der Waals surface area (Å²) < 4.78 is -0.104. The van der Waals surface area contributed by atoms with Gasteiger partial charge in [0.05, 0.1) is 0 Å². The van der Waals surface area contributed by atoms with Crippen LogP contribution in [-0.2, 0) is 4.79 Å². The molecule has 1 N–H and O–H groups in total. The van der Waals surface area contributed by atoms with Gasteiger partial charge >= 0.3 is 0 Å². The van der Waals surface area contributed by atoms with Crippen molar-refractivity contribution in [2.45, 2.75) is 9.07 Å². The highest BCUT2D eigenvalue weighted by atomic mass is 80.0. The van der Waals surface area contributed by atoms with Gasteiger partial charge in [0.25, 0.3) is 5.97 Å². The fourth-order valence-corrected chi connectivity index (χ4v) is 0. The smallest absolute Gasteiger partial charge is 0.300 e. The minimum atomic E-state index is -0.833. The molecule has 0 spiro atoms. The lowest BCUT2D eigenvalue weighted by Gasteiger charge is -2.03. The van der Waals surface area contributed by atoms with E-state index in [1.807, 2.05) is 0 Å². The number of carbonyl (C=O) groups is 1. The molecule has 10 heavy (non-hydrogen) atoms. The molecule has 0 atom stereocenters. The van der Waals surface area contributed by atoms with Crippen LogP contribution in [-0.4, -0.2) is 18.5 Å². The first kappa shape index (κ1) is 13.9. The summed E-state index contributed by atoms with van der Waals surface area (Å²) >= 11 is 13.0. The molecule has 0 heterocycles. The van der Waals surface area contributed by atoms with E-state index in [9.17, 15) is 0 Å². The molecule has 0 aliphatic heterocycles. The van der Waals surface area contributed by atoms with Crippen molar-refractivity contribution in [1.29, 1.82) is 0 Å². The highest BCUT2D eigenvalue weighted by Gasteiger charge is 2.13. The van der Waals surface area contributed by atoms with Gasteiger partial charge in [-0.25, -0.2) is 0 Å². The normalized spacial score (nSPS) is 9.70. The van der Waals surface area contributed by atoms with Crippen molar-refractivity contribution in [3.63, 3.8) is 0 Å². The summed E-state index contributed by atoms with van der Waals surface area (Å²) in [5, 5.41) is 8.25. The van der Waals surface area contributed by atoms with Gasteiger partial charge in [0.1, 0.15) is 2.14 Å². The SMILES string of the molecule is BrCC(Br)(Br)Br.CC(=O)O. The second kappa shape index (κ2) is 7.06. The molecule has 6 heteroatoms. The van der Waals surface area contributed by atoms with Crippen LogP contribution in [0.4, 0.5) is 0 Å². The van der Waals surface area contributed by atoms with Crippen LogP contribution in [0, 0.1) is 0 Å². The van der Waals surface area contributed by atoms with Gasteiger partial charge in [-0.15, -0.1) is 0 Å². The second-order valence-electron chi connectivity index (χ2n) is 1.27. The summed E-state index contributed by atoms with van der Waals surface area (Å²) in [7, 11) is 0. The Labute approximate surface area is 93.3 Å². The number of hydrogen-bond donors (Lipinski definition) is 1. The molecule has 0 rings (SSSR count). The van der Waals surface area contributed by atoms with E-state index < -0.39 is 5.97 Å². The summed E-state index contributed by atoms with van der Waals surface area (Å²) in [5.74, 6) is -0.833. The molecule has 0 radical (unpaired) electrons. The molecule has 62 valence electrons. The van der Waals surface area contributed by atoms with Gasteiger partial charge in [0.15, 0.2) is 0 Å². The van der Waals surface area contributed by atoms with Gasteiger partial charge in [0, 0.05) is 12.3 Å². The first-order chi connectivity index (χ1) is 4.29. The summed E-state index contributed by atoms with van der Waals surface area (Å²) in [6, 6.07) is 0. The summed E-state index contributed by atoms with van der Waals surface area (Å²) in [6.07, 6.45) is 0. The van der Waals surface area contributed by atoms with Gasteiger partial charge in [-0.3, -0.25) is 4.79 Å². The Hall–Kier alpha value is 1.39. The molecule has 0 amide bonds. The van der Waals surface area contributed by atoms with E-state index in [4.69, 9.17) is 9.90 Å². The Morgan fingerprint density at radius 3 is 1.60 bits per heavy atom. The first-order valence-electron chi connectivity index (χ1n) is 2.12. The van der Waals surface area contributed by atoms with Crippen LogP contribution in [0.3, 0.4) is 0 Å². The Bertz CT molecular complexity index is 93.9. The van der Waals surface area contributed by atoms with Crippen LogP contribution in [0.5, 0.6) is 0 Å². The van der Waals surface area contributed by atoms with E-state index in [-0.39, 0.29) is 2.14 Å². The second-order valence-corrected chi connectivity index (χ2v) is 9.08. The lowest BCUT2D eigenvalue weighted by atomic mass is 10.9. The maximum atomic E-state index is 9.00. The molecule has 0 unspecified atom stereocenters. The molecule has 0 aromatic carbocycles. The third kappa shape index (κ3) is 34.3. The van der Waals surface area contributed by atoms with E-state index in [1.54, 1.807) is 0 Å². The third-order valence-electron chi connectivity index (χ3n) is 0.152. The third-order valence-corrected chi connectivity index (χ3v) is 4.09. The molecule has 0 aliphatic carbocycles. The summed E-state index contributed by atoms with van der Waals surface area (Å²) in [4.78, 5) is 9.00. The number of rotatable bonds is 0. The monoisotopic (exact) mass is 402 g/mol. The lowest BCUT2D eigenvalue weighted by molar-refractivity contribution is -0.134. The Morgan fingerprint density at radius 2 is 1.60 bits per heavy atom. The molecule has 0 saturated heterocycles. The maximum absolute atomic E-state index is 9.00. The van der Waals surface area contributed by atoms with E-state index in [0.717, 1.165) is 12.3 Å². The largest absolute Gasteiger partial charge is 0.481 e. The highest BCUT2D eigenvalue weighted by Crippen LogP contribution is 2.34. The van der Waals surface area contributed by atoms with Crippen LogP contribution in [0.25, 0.3) is 0 Å². The predicted molar refractivity (Wildman–Crippen MR) is 56.6 cm³/mol. The minimum absolute atomic E-state index is 0.104. The average molecular weight is 406 g/mol. The number of hydrogen-bond acceptors (Lipinski definition) is 1. The van der Waals surface area contributed by atoms with E-state index in [0.29, 0.717) is 0 Å². The fraction of sp³-hybridized carbons (Fsp3) is 0.750. The number of alkyl halides is 4. The molecule has 0 aliphatic rings. The van der Waals surface area contributed by atoms with Crippen molar-refractivity contribution in [1.82, 2.24) is 0 Å². The minimum Gasteiger partial charge on any atom is -0.481 e. The number of aliphatic carboxylic acids is 1. The van der Waals surface area contributed by atoms with Gasteiger partial charge in [0.2, 0.25) is 0 Å². The Kier molecular flexibility index (Phi) is 9.85.